The monoisotopic (exact) mass is 289 g/mol. The van der Waals surface area contributed by atoms with Gasteiger partial charge >= 0.3 is 0 Å². The largest absolute Gasteiger partial charge is 0.409 e. The van der Waals surface area contributed by atoms with Crippen LogP contribution in [0.3, 0.4) is 0 Å². The van der Waals surface area contributed by atoms with E-state index in [1.807, 2.05) is 19.1 Å². The van der Waals surface area contributed by atoms with E-state index >= 15 is 0 Å². The van der Waals surface area contributed by atoms with E-state index in [0.717, 1.165) is 36.6 Å². The Morgan fingerprint density at radius 3 is 2.95 bits per heavy atom. The van der Waals surface area contributed by atoms with Gasteiger partial charge in [0.15, 0.2) is 5.84 Å². The van der Waals surface area contributed by atoms with Crippen LogP contribution in [0.25, 0.3) is 0 Å². The van der Waals surface area contributed by atoms with Crippen molar-refractivity contribution in [2.75, 3.05) is 31.1 Å². The highest BCUT2D eigenvalue weighted by Crippen LogP contribution is 2.24. The molecular formula is C15H23N5O. The predicted octanol–water partition coefficient (Wildman–Crippen LogP) is 1.16. The van der Waals surface area contributed by atoms with E-state index in [2.05, 4.69) is 19.9 Å². The molecule has 0 spiro atoms. The first-order valence-electron chi connectivity index (χ1n) is 7.63. The quantitative estimate of drug-likeness (QED) is 0.370. The lowest BCUT2D eigenvalue weighted by Crippen LogP contribution is -2.37. The Bertz CT molecular complexity index is 545. The van der Waals surface area contributed by atoms with Gasteiger partial charge < -0.3 is 15.8 Å². The van der Waals surface area contributed by atoms with Gasteiger partial charge in [0.05, 0.1) is 0 Å². The molecule has 0 amide bonds. The average molecular weight is 289 g/mol. The first kappa shape index (κ1) is 14.1. The molecule has 0 saturated carbocycles. The summed E-state index contributed by atoms with van der Waals surface area (Å²) in [5.74, 6) is 1.07. The molecule has 0 bridgehead atoms. The van der Waals surface area contributed by atoms with Gasteiger partial charge in [0.2, 0.25) is 0 Å². The number of oxime groups is 1. The fourth-order valence-electron chi connectivity index (χ4n) is 3.43. The van der Waals surface area contributed by atoms with Crippen molar-refractivity contribution in [3.05, 3.63) is 23.4 Å². The maximum Gasteiger partial charge on any atom is 0.170 e. The van der Waals surface area contributed by atoms with Crippen LogP contribution in [0, 0.1) is 6.92 Å². The summed E-state index contributed by atoms with van der Waals surface area (Å²) in [4.78, 5) is 9.59. The molecule has 6 nitrogen and oxygen atoms in total. The van der Waals surface area contributed by atoms with E-state index in [9.17, 15) is 0 Å². The number of aryl methyl sites for hydroxylation is 1. The first-order valence-corrected chi connectivity index (χ1v) is 7.63. The number of nitrogens with zero attached hydrogens (tertiary/aromatic N) is 4. The Balaban J connectivity index is 1.86. The van der Waals surface area contributed by atoms with Crippen LogP contribution in [0.15, 0.2) is 17.3 Å². The van der Waals surface area contributed by atoms with E-state index in [0.29, 0.717) is 6.04 Å². The Kier molecular flexibility index (Phi) is 3.96. The van der Waals surface area contributed by atoms with E-state index in [1.165, 1.54) is 25.9 Å². The summed E-state index contributed by atoms with van der Waals surface area (Å²) in [5.41, 5.74) is 7.34. The van der Waals surface area contributed by atoms with E-state index in [1.54, 1.807) is 0 Å². The van der Waals surface area contributed by atoms with E-state index in [4.69, 9.17) is 10.9 Å². The number of rotatable bonds is 2. The van der Waals surface area contributed by atoms with Gasteiger partial charge in [-0.2, -0.15) is 0 Å². The minimum atomic E-state index is 0.138. The van der Waals surface area contributed by atoms with Gasteiger partial charge in [0.25, 0.3) is 0 Å². The number of hydrogen-bond acceptors (Lipinski definition) is 5. The van der Waals surface area contributed by atoms with E-state index in [-0.39, 0.29) is 5.84 Å². The van der Waals surface area contributed by atoms with Crippen molar-refractivity contribution < 1.29 is 5.21 Å². The zero-order valence-corrected chi connectivity index (χ0v) is 12.5. The van der Waals surface area contributed by atoms with Gasteiger partial charge in [-0.05, 0) is 44.9 Å². The van der Waals surface area contributed by atoms with Crippen LogP contribution in [-0.2, 0) is 0 Å². The SMILES string of the molecule is Cc1cc(/C(N)=N/O)cc(N2CCCN3CCCC3C2)n1. The van der Waals surface area contributed by atoms with Crippen molar-refractivity contribution in [3.63, 3.8) is 0 Å². The summed E-state index contributed by atoms with van der Waals surface area (Å²) in [6.45, 7) is 6.39. The molecule has 1 unspecified atom stereocenters. The second kappa shape index (κ2) is 5.89. The number of nitrogens with two attached hydrogens (primary N) is 1. The fourth-order valence-corrected chi connectivity index (χ4v) is 3.43. The minimum Gasteiger partial charge on any atom is -0.409 e. The predicted molar refractivity (Wildman–Crippen MR) is 82.9 cm³/mol. The van der Waals surface area contributed by atoms with Gasteiger partial charge in [0, 0.05) is 36.9 Å². The highest BCUT2D eigenvalue weighted by atomic mass is 16.4. The standard InChI is InChI=1S/C15H23N5O/c1-11-8-12(15(16)18-21)9-14(17-11)20-7-3-6-19-5-2-4-13(19)10-20/h8-9,13,21H,2-7,10H2,1H3,(H2,16,18). The summed E-state index contributed by atoms with van der Waals surface area (Å²) in [6.07, 6.45) is 3.73. The molecule has 2 aliphatic rings. The lowest BCUT2D eigenvalue weighted by atomic mass is 10.2. The molecule has 0 radical (unpaired) electrons. The van der Waals surface area contributed by atoms with Crippen LogP contribution >= 0.6 is 0 Å². The molecule has 3 N–H and O–H groups in total. The van der Waals surface area contributed by atoms with E-state index < -0.39 is 0 Å². The number of anilines is 1. The summed E-state index contributed by atoms with van der Waals surface area (Å²) in [6, 6.07) is 4.41. The van der Waals surface area contributed by atoms with Crippen LogP contribution in [0.2, 0.25) is 0 Å². The second-order valence-electron chi connectivity index (χ2n) is 5.97. The minimum absolute atomic E-state index is 0.138. The molecular weight excluding hydrogens is 266 g/mol. The van der Waals surface area contributed by atoms with Gasteiger partial charge in [-0.25, -0.2) is 4.98 Å². The van der Waals surface area contributed by atoms with Crippen molar-refractivity contribution in [1.29, 1.82) is 0 Å². The third kappa shape index (κ3) is 2.95. The van der Waals surface area contributed by atoms with Gasteiger partial charge in [0.1, 0.15) is 5.82 Å². The third-order valence-electron chi connectivity index (χ3n) is 4.47. The first-order chi connectivity index (χ1) is 10.2. The Labute approximate surface area is 125 Å². The lowest BCUT2D eigenvalue weighted by Gasteiger charge is -2.27. The Hall–Kier alpha value is -1.82. The molecule has 3 heterocycles. The molecule has 0 aromatic carbocycles. The van der Waals surface area contributed by atoms with Crippen molar-refractivity contribution in [1.82, 2.24) is 9.88 Å². The molecule has 1 aromatic heterocycles. The summed E-state index contributed by atoms with van der Waals surface area (Å²) in [7, 11) is 0. The molecule has 1 atom stereocenters. The lowest BCUT2D eigenvalue weighted by molar-refractivity contribution is 0.273. The molecule has 114 valence electrons. The molecule has 21 heavy (non-hydrogen) atoms. The number of hydrogen-bond donors (Lipinski definition) is 2. The smallest absolute Gasteiger partial charge is 0.170 e. The van der Waals surface area contributed by atoms with Crippen molar-refractivity contribution >= 4 is 11.7 Å². The van der Waals surface area contributed by atoms with Crippen molar-refractivity contribution in [3.8, 4) is 0 Å². The number of pyridine rings is 1. The van der Waals surface area contributed by atoms with Crippen LogP contribution in [-0.4, -0.2) is 53.1 Å². The molecule has 2 saturated heterocycles. The highest BCUT2D eigenvalue weighted by molar-refractivity contribution is 5.97. The second-order valence-corrected chi connectivity index (χ2v) is 5.97. The Morgan fingerprint density at radius 1 is 1.33 bits per heavy atom. The zero-order valence-electron chi connectivity index (χ0n) is 12.5. The molecule has 1 aromatic rings. The zero-order chi connectivity index (χ0) is 14.8. The molecule has 6 heteroatoms. The van der Waals surface area contributed by atoms with Crippen LogP contribution in [0.5, 0.6) is 0 Å². The molecule has 0 aliphatic carbocycles. The number of aromatic nitrogens is 1. The van der Waals surface area contributed by atoms with Crippen LogP contribution in [0.4, 0.5) is 5.82 Å². The highest BCUT2D eigenvalue weighted by Gasteiger charge is 2.29. The van der Waals surface area contributed by atoms with Crippen molar-refractivity contribution in [2.45, 2.75) is 32.2 Å². The maximum absolute atomic E-state index is 8.87. The molecule has 2 aliphatic heterocycles. The van der Waals surface area contributed by atoms with Crippen LogP contribution in [0.1, 0.15) is 30.5 Å². The maximum atomic E-state index is 8.87. The number of amidine groups is 1. The Morgan fingerprint density at radius 2 is 2.14 bits per heavy atom. The van der Waals surface area contributed by atoms with Crippen LogP contribution < -0.4 is 10.6 Å². The topological polar surface area (TPSA) is 78.0 Å². The summed E-state index contributed by atoms with van der Waals surface area (Å²) >= 11 is 0. The summed E-state index contributed by atoms with van der Waals surface area (Å²) in [5, 5.41) is 12.0. The average Bonchev–Trinajstić information content (AvgIpc) is 2.82. The fraction of sp³-hybridized carbons (Fsp3) is 0.600. The normalized spacial score (nSPS) is 24.0. The summed E-state index contributed by atoms with van der Waals surface area (Å²) < 4.78 is 0. The molecule has 2 fully saturated rings. The van der Waals surface area contributed by atoms with Gasteiger partial charge in [-0.1, -0.05) is 5.16 Å². The van der Waals surface area contributed by atoms with Crippen molar-refractivity contribution in [2.24, 2.45) is 10.9 Å². The van der Waals surface area contributed by atoms with Gasteiger partial charge in [-0.3, -0.25) is 4.90 Å². The third-order valence-corrected chi connectivity index (χ3v) is 4.47. The van der Waals surface area contributed by atoms with Gasteiger partial charge in [-0.15, -0.1) is 0 Å². The number of fused-ring (bicyclic) bond motifs is 1. The molecule has 3 rings (SSSR count).